The van der Waals surface area contributed by atoms with E-state index >= 15 is 0 Å². The highest BCUT2D eigenvalue weighted by Crippen LogP contribution is 2.30. The average Bonchev–Trinajstić information content (AvgIpc) is 3.22. The van der Waals surface area contributed by atoms with Crippen LogP contribution in [-0.2, 0) is 14.8 Å². The normalized spacial score (nSPS) is 15.3. The number of rotatable bonds is 7. The molecule has 1 N–H and O–H groups in total. The number of ether oxygens (including phenoxy) is 1. The van der Waals surface area contributed by atoms with Crippen LogP contribution in [0.25, 0.3) is 0 Å². The molecule has 0 radical (unpaired) electrons. The molecule has 1 aliphatic carbocycles. The molecule has 0 atom stereocenters. The van der Waals surface area contributed by atoms with Gasteiger partial charge < -0.3 is 9.84 Å². The van der Waals surface area contributed by atoms with Gasteiger partial charge >= 0.3 is 5.97 Å². The molecule has 7 heteroatoms. The number of benzene rings is 1. The summed E-state index contributed by atoms with van der Waals surface area (Å²) in [7, 11) is -1.86. The molecule has 0 spiro atoms. The number of hydrogen-bond donors (Lipinski definition) is 1. The maximum atomic E-state index is 12.2. The van der Waals surface area contributed by atoms with Crippen LogP contribution >= 0.6 is 0 Å². The van der Waals surface area contributed by atoms with E-state index in [9.17, 15) is 13.2 Å². The van der Waals surface area contributed by atoms with E-state index in [0.717, 1.165) is 12.8 Å². The minimum atomic E-state index is -3.44. The van der Waals surface area contributed by atoms with Crippen LogP contribution < -0.4 is 4.74 Å². The molecule has 1 aromatic rings. The van der Waals surface area contributed by atoms with E-state index in [4.69, 9.17) is 9.84 Å². The molecule has 1 fully saturated rings. The first-order valence-electron chi connectivity index (χ1n) is 6.34. The van der Waals surface area contributed by atoms with Crippen LogP contribution in [0.1, 0.15) is 19.3 Å². The van der Waals surface area contributed by atoms with Crippen LogP contribution in [0.4, 0.5) is 0 Å². The lowest BCUT2D eigenvalue weighted by atomic mass is 10.3. The van der Waals surface area contributed by atoms with Crippen molar-refractivity contribution in [3.63, 3.8) is 0 Å². The second-order valence-electron chi connectivity index (χ2n) is 4.72. The van der Waals surface area contributed by atoms with Crippen LogP contribution in [0.3, 0.4) is 0 Å². The van der Waals surface area contributed by atoms with E-state index in [0.29, 0.717) is 5.75 Å². The Morgan fingerprint density at radius 3 is 2.45 bits per heavy atom. The van der Waals surface area contributed by atoms with Crippen molar-refractivity contribution in [3.05, 3.63) is 24.3 Å². The molecule has 2 rings (SSSR count). The van der Waals surface area contributed by atoms with Gasteiger partial charge in [-0.3, -0.25) is 4.79 Å². The smallest absolute Gasteiger partial charge is 0.306 e. The zero-order valence-corrected chi connectivity index (χ0v) is 12.0. The lowest BCUT2D eigenvalue weighted by Crippen LogP contribution is -2.28. The largest absolute Gasteiger partial charge is 0.493 e. The van der Waals surface area contributed by atoms with Gasteiger partial charge in [-0.25, -0.2) is 8.42 Å². The Morgan fingerprint density at radius 1 is 1.35 bits per heavy atom. The van der Waals surface area contributed by atoms with Crippen LogP contribution in [0.5, 0.6) is 5.75 Å². The highest BCUT2D eigenvalue weighted by Gasteiger charge is 2.34. The summed E-state index contributed by atoms with van der Waals surface area (Å²) >= 11 is 0. The Hall–Kier alpha value is -1.60. The highest BCUT2D eigenvalue weighted by atomic mass is 32.2. The molecule has 1 saturated carbocycles. The number of carboxylic acids is 1. The van der Waals surface area contributed by atoms with Gasteiger partial charge in [0.15, 0.2) is 0 Å². The van der Waals surface area contributed by atoms with E-state index in [2.05, 4.69) is 0 Å². The van der Waals surface area contributed by atoms with Crippen molar-refractivity contribution in [3.8, 4) is 5.75 Å². The van der Waals surface area contributed by atoms with E-state index in [1.54, 1.807) is 7.05 Å². The first kappa shape index (κ1) is 14.8. The Bertz CT molecular complexity index is 577. The number of carbonyl (C=O) groups is 1. The molecule has 0 aliphatic heterocycles. The summed E-state index contributed by atoms with van der Waals surface area (Å²) in [5.74, 6) is -0.477. The molecule has 1 aromatic carbocycles. The minimum absolute atomic E-state index is 0.0589. The molecule has 1 aliphatic rings. The van der Waals surface area contributed by atoms with Gasteiger partial charge in [-0.15, -0.1) is 0 Å². The third kappa shape index (κ3) is 3.49. The lowest BCUT2D eigenvalue weighted by molar-refractivity contribution is -0.137. The Labute approximate surface area is 118 Å². The standard InChI is InChI=1S/C13H17NO5S/c1-14(10-2-3-10)20(17,18)12-6-4-11(5-7-12)19-9-8-13(15)16/h4-7,10H,2-3,8-9H2,1H3,(H,15,16). The summed E-state index contributed by atoms with van der Waals surface area (Å²) in [5, 5.41) is 8.50. The molecular formula is C13H17NO5S. The number of aliphatic carboxylic acids is 1. The van der Waals surface area contributed by atoms with Gasteiger partial charge in [0, 0.05) is 13.1 Å². The van der Waals surface area contributed by atoms with Gasteiger partial charge in [0.25, 0.3) is 0 Å². The maximum Gasteiger partial charge on any atom is 0.306 e. The molecule has 0 heterocycles. The summed E-state index contributed by atoms with van der Waals surface area (Å²) in [5.41, 5.74) is 0. The van der Waals surface area contributed by atoms with E-state index < -0.39 is 16.0 Å². The first-order valence-corrected chi connectivity index (χ1v) is 7.78. The fourth-order valence-electron chi connectivity index (χ4n) is 1.76. The number of sulfonamides is 1. The van der Waals surface area contributed by atoms with E-state index in [-0.39, 0.29) is 24.0 Å². The molecule has 0 unspecified atom stereocenters. The predicted octanol–water partition coefficient (Wildman–Crippen LogP) is 1.32. The quantitative estimate of drug-likeness (QED) is 0.821. The molecule has 0 aromatic heterocycles. The second-order valence-corrected chi connectivity index (χ2v) is 6.71. The third-order valence-electron chi connectivity index (χ3n) is 3.15. The van der Waals surface area contributed by atoms with Crippen LogP contribution in [0.2, 0.25) is 0 Å². The summed E-state index contributed by atoms with van der Waals surface area (Å²) in [6.45, 7) is 0.0589. The Balaban J connectivity index is 2.02. The van der Waals surface area contributed by atoms with E-state index in [1.807, 2.05) is 0 Å². The third-order valence-corrected chi connectivity index (χ3v) is 5.07. The van der Waals surface area contributed by atoms with Crippen LogP contribution in [0, 0.1) is 0 Å². The molecular weight excluding hydrogens is 282 g/mol. The van der Waals surface area contributed by atoms with Gasteiger partial charge in [-0.05, 0) is 37.1 Å². The van der Waals surface area contributed by atoms with Crippen molar-refractivity contribution in [1.29, 1.82) is 0 Å². The number of nitrogens with zero attached hydrogens (tertiary/aromatic N) is 1. The zero-order chi connectivity index (χ0) is 14.8. The minimum Gasteiger partial charge on any atom is -0.493 e. The van der Waals surface area contributed by atoms with E-state index in [1.165, 1.54) is 28.6 Å². The van der Waals surface area contributed by atoms with Crippen molar-refractivity contribution in [2.45, 2.75) is 30.2 Å². The summed E-state index contributed by atoms with van der Waals surface area (Å²) in [6, 6.07) is 6.14. The average molecular weight is 299 g/mol. The van der Waals surface area contributed by atoms with Crippen molar-refractivity contribution < 1.29 is 23.1 Å². The van der Waals surface area contributed by atoms with Gasteiger partial charge in [-0.1, -0.05) is 0 Å². The second kappa shape index (κ2) is 5.80. The monoisotopic (exact) mass is 299 g/mol. The fourth-order valence-corrected chi connectivity index (χ4v) is 3.18. The van der Waals surface area contributed by atoms with Crippen molar-refractivity contribution in [2.75, 3.05) is 13.7 Å². The predicted molar refractivity (Wildman–Crippen MR) is 72.2 cm³/mol. The molecule has 0 amide bonds. The SMILES string of the molecule is CN(C1CC1)S(=O)(=O)c1ccc(OCCC(=O)O)cc1. The molecule has 20 heavy (non-hydrogen) atoms. The molecule has 6 nitrogen and oxygen atoms in total. The van der Waals surface area contributed by atoms with Crippen LogP contribution in [0.15, 0.2) is 29.2 Å². The Morgan fingerprint density at radius 2 is 1.95 bits per heavy atom. The number of carboxylic acid groups (broad SMARTS) is 1. The zero-order valence-electron chi connectivity index (χ0n) is 11.2. The summed E-state index contributed by atoms with van der Waals surface area (Å²) < 4.78 is 31.1. The van der Waals surface area contributed by atoms with Gasteiger partial charge in [0.05, 0.1) is 17.9 Å². The molecule has 0 saturated heterocycles. The van der Waals surface area contributed by atoms with Crippen molar-refractivity contribution in [2.24, 2.45) is 0 Å². The van der Waals surface area contributed by atoms with Crippen molar-refractivity contribution >= 4 is 16.0 Å². The van der Waals surface area contributed by atoms with Crippen LogP contribution in [-0.4, -0.2) is 43.5 Å². The van der Waals surface area contributed by atoms with Crippen molar-refractivity contribution in [1.82, 2.24) is 4.31 Å². The number of hydrogen-bond acceptors (Lipinski definition) is 4. The Kier molecular flexibility index (Phi) is 4.29. The van der Waals surface area contributed by atoms with Gasteiger partial charge in [-0.2, -0.15) is 4.31 Å². The fraction of sp³-hybridized carbons (Fsp3) is 0.462. The summed E-state index contributed by atoms with van der Waals surface area (Å²) in [6.07, 6.45) is 1.72. The topological polar surface area (TPSA) is 83.9 Å². The molecule has 110 valence electrons. The lowest BCUT2D eigenvalue weighted by Gasteiger charge is -2.16. The summed E-state index contributed by atoms with van der Waals surface area (Å²) in [4.78, 5) is 10.6. The molecule has 0 bridgehead atoms. The van der Waals surface area contributed by atoms with Gasteiger partial charge in [0.1, 0.15) is 5.75 Å². The first-order chi connectivity index (χ1) is 9.41. The van der Waals surface area contributed by atoms with Gasteiger partial charge in [0.2, 0.25) is 10.0 Å². The highest BCUT2D eigenvalue weighted by molar-refractivity contribution is 7.89. The maximum absolute atomic E-state index is 12.2.